The molecule has 1 atom stereocenters. The molecule has 1 unspecified atom stereocenters. The minimum Gasteiger partial charge on any atom is -0.468 e. The lowest BCUT2D eigenvalue weighted by Gasteiger charge is -2.15. The highest BCUT2D eigenvalue weighted by Gasteiger charge is 2.39. The van der Waals surface area contributed by atoms with Crippen molar-refractivity contribution >= 4 is 64.2 Å². The third-order valence-corrected chi connectivity index (χ3v) is 6.81. The van der Waals surface area contributed by atoms with Gasteiger partial charge in [0.2, 0.25) is 17.6 Å². The first-order valence-corrected chi connectivity index (χ1v) is 11.9. The first-order valence-electron chi connectivity index (χ1n) is 10.1. The normalized spacial score (nSPS) is 15.6. The minimum atomic E-state index is -0.726. The molecule has 0 saturated carbocycles. The smallest absolute Gasteiger partial charge is 0.338 e. The fourth-order valence-electron chi connectivity index (χ4n) is 3.34. The molecule has 1 aliphatic rings. The lowest BCUT2D eigenvalue weighted by molar-refractivity contribution is -0.121. The Morgan fingerprint density at radius 1 is 1.09 bits per heavy atom. The Kier molecular flexibility index (Phi) is 7.41. The maximum absolute atomic E-state index is 12.8. The molecular weight excluding hydrogens is 501 g/mol. The minimum absolute atomic E-state index is 0.0867. The second kappa shape index (κ2) is 10.5. The molecule has 1 saturated heterocycles. The summed E-state index contributed by atoms with van der Waals surface area (Å²) in [5, 5.41) is 0.0439. The van der Waals surface area contributed by atoms with Crippen LogP contribution in [0.15, 0.2) is 65.3 Å². The molecule has 3 aromatic rings. The number of thioether (sulfide) groups is 1. The summed E-state index contributed by atoms with van der Waals surface area (Å²) in [4.78, 5) is 50.9. The number of carbonyl (C=O) groups is 4. The number of nitrogens with zero attached hydrogens (tertiary/aromatic N) is 1. The van der Waals surface area contributed by atoms with E-state index in [4.69, 9.17) is 32.4 Å². The zero-order chi connectivity index (χ0) is 24.2. The van der Waals surface area contributed by atoms with Crippen molar-refractivity contribution in [2.45, 2.75) is 17.4 Å². The van der Waals surface area contributed by atoms with Crippen LogP contribution in [0.25, 0.3) is 0 Å². The van der Waals surface area contributed by atoms with E-state index in [1.54, 1.807) is 18.4 Å². The zero-order valence-corrected chi connectivity index (χ0v) is 19.9. The Bertz CT molecular complexity index is 1240. The number of hydrogen-bond acceptors (Lipinski definition) is 7. The number of Topliss-reactive ketones (excluding diaryl/α,β-unsaturated/α-hetero) is 1. The second-order valence-electron chi connectivity index (χ2n) is 7.32. The van der Waals surface area contributed by atoms with Gasteiger partial charge in [-0.1, -0.05) is 23.2 Å². The molecule has 2 aromatic carbocycles. The Morgan fingerprint density at radius 2 is 1.85 bits per heavy atom. The summed E-state index contributed by atoms with van der Waals surface area (Å²) in [5.74, 6) is -0.628. The van der Waals surface area contributed by atoms with Gasteiger partial charge in [-0.2, -0.15) is 0 Å². The average Bonchev–Trinajstić information content (AvgIpc) is 3.43. The molecule has 2 heterocycles. The number of ketones is 1. The Morgan fingerprint density at radius 3 is 2.53 bits per heavy atom. The quantitative estimate of drug-likeness (QED) is 0.230. The fraction of sp³-hybridized carbons (Fsp3) is 0.167. The molecule has 2 amide bonds. The van der Waals surface area contributed by atoms with E-state index < -0.39 is 23.6 Å². The maximum Gasteiger partial charge on any atom is 0.338 e. The lowest BCUT2D eigenvalue weighted by Crippen LogP contribution is -2.31. The molecule has 4 rings (SSSR count). The van der Waals surface area contributed by atoms with Crippen molar-refractivity contribution < 1.29 is 28.3 Å². The molecule has 0 bridgehead atoms. The van der Waals surface area contributed by atoms with Crippen LogP contribution in [0.2, 0.25) is 10.0 Å². The molecule has 10 heteroatoms. The molecule has 7 nitrogen and oxygen atoms in total. The van der Waals surface area contributed by atoms with E-state index >= 15 is 0 Å². The van der Waals surface area contributed by atoms with Crippen LogP contribution < -0.4 is 4.90 Å². The molecule has 1 aromatic heterocycles. The molecule has 1 fully saturated rings. The summed E-state index contributed by atoms with van der Waals surface area (Å²) < 4.78 is 10.3. The number of amides is 2. The summed E-state index contributed by atoms with van der Waals surface area (Å²) in [6.45, 7) is -0.500. The molecule has 0 N–H and O–H groups in total. The van der Waals surface area contributed by atoms with Gasteiger partial charge in [-0.3, -0.25) is 14.4 Å². The summed E-state index contributed by atoms with van der Waals surface area (Å²) in [5.41, 5.74) is 0.720. The Balaban J connectivity index is 1.35. The Labute approximate surface area is 209 Å². The fourth-order valence-corrected chi connectivity index (χ4v) is 4.89. The van der Waals surface area contributed by atoms with E-state index in [0.29, 0.717) is 16.5 Å². The van der Waals surface area contributed by atoms with Crippen molar-refractivity contribution in [2.24, 2.45) is 0 Å². The van der Waals surface area contributed by atoms with E-state index in [1.807, 2.05) is 0 Å². The number of ether oxygens (including phenoxy) is 1. The van der Waals surface area contributed by atoms with E-state index in [0.717, 1.165) is 10.7 Å². The highest BCUT2D eigenvalue weighted by atomic mass is 35.5. The van der Waals surface area contributed by atoms with Gasteiger partial charge in [0.15, 0.2) is 6.61 Å². The number of carbonyl (C=O) groups excluding carboxylic acids is 4. The number of hydrogen-bond donors (Lipinski definition) is 0. The van der Waals surface area contributed by atoms with Crippen LogP contribution in [0.4, 0.5) is 5.69 Å². The van der Waals surface area contributed by atoms with Crippen molar-refractivity contribution in [1.29, 1.82) is 0 Å². The van der Waals surface area contributed by atoms with Gasteiger partial charge in [0.1, 0.15) is 5.76 Å². The monoisotopic (exact) mass is 517 g/mol. The molecule has 0 aliphatic carbocycles. The van der Waals surface area contributed by atoms with Crippen molar-refractivity contribution in [2.75, 3.05) is 11.5 Å². The zero-order valence-electron chi connectivity index (χ0n) is 17.5. The predicted molar refractivity (Wildman–Crippen MR) is 128 cm³/mol. The number of benzene rings is 2. The average molecular weight is 518 g/mol. The van der Waals surface area contributed by atoms with E-state index in [-0.39, 0.29) is 34.4 Å². The predicted octanol–water partition coefficient (Wildman–Crippen LogP) is 5.19. The van der Waals surface area contributed by atoms with E-state index in [9.17, 15) is 19.2 Å². The van der Waals surface area contributed by atoms with Gasteiger partial charge in [-0.15, -0.1) is 11.8 Å². The van der Waals surface area contributed by atoms with Crippen LogP contribution >= 0.6 is 35.0 Å². The number of anilines is 1. The number of rotatable bonds is 8. The molecule has 0 spiro atoms. The van der Waals surface area contributed by atoms with Crippen LogP contribution in [0, 0.1) is 0 Å². The summed E-state index contributed by atoms with van der Waals surface area (Å²) in [6.07, 6.45) is 1.64. The SMILES string of the molecule is O=C(OCC(=O)c1ccc(Cl)cc1Cl)c1ccc(N2C(=O)CC(SCc3ccco3)C2=O)cc1. The first-order chi connectivity index (χ1) is 16.3. The van der Waals surface area contributed by atoms with Crippen molar-refractivity contribution in [1.82, 2.24) is 0 Å². The standard InChI is InChI=1S/C24H17Cl2NO6S/c25-15-5-8-18(19(26)10-15)20(28)12-33-24(31)14-3-6-16(7-4-14)27-22(29)11-21(23(27)30)34-13-17-2-1-9-32-17/h1-10,21H,11-13H2. The summed E-state index contributed by atoms with van der Waals surface area (Å²) in [6, 6.07) is 13.8. The second-order valence-corrected chi connectivity index (χ2v) is 9.36. The molecule has 0 radical (unpaired) electrons. The number of halogens is 2. The van der Waals surface area contributed by atoms with Gasteiger partial charge in [0, 0.05) is 17.0 Å². The van der Waals surface area contributed by atoms with Gasteiger partial charge < -0.3 is 9.15 Å². The third kappa shape index (κ3) is 5.35. The molecule has 174 valence electrons. The molecule has 1 aliphatic heterocycles. The van der Waals surface area contributed by atoms with Gasteiger partial charge in [-0.05, 0) is 54.6 Å². The lowest BCUT2D eigenvalue weighted by atomic mass is 10.1. The van der Waals surface area contributed by atoms with E-state index in [2.05, 4.69) is 0 Å². The topological polar surface area (TPSA) is 93.9 Å². The first kappa shape index (κ1) is 24.1. The number of esters is 1. The number of furan rings is 1. The molecular formula is C24H17Cl2NO6S. The summed E-state index contributed by atoms with van der Waals surface area (Å²) in [7, 11) is 0. The third-order valence-electron chi connectivity index (χ3n) is 5.04. The van der Waals surface area contributed by atoms with Crippen LogP contribution in [-0.2, 0) is 20.1 Å². The van der Waals surface area contributed by atoms with Gasteiger partial charge >= 0.3 is 5.97 Å². The van der Waals surface area contributed by atoms with Gasteiger partial charge in [0.25, 0.3) is 0 Å². The van der Waals surface area contributed by atoms with Gasteiger partial charge in [0.05, 0.1) is 33.5 Å². The maximum atomic E-state index is 12.8. The van der Waals surface area contributed by atoms with Crippen LogP contribution in [0.5, 0.6) is 0 Å². The van der Waals surface area contributed by atoms with Crippen molar-refractivity contribution in [3.8, 4) is 0 Å². The van der Waals surface area contributed by atoms with Crippen molar-refractivity contribution in [3.05, 3.63) is 87.8 Å². The van der Waals surface area contributed by atoms with Crippen LogP contribution in [-0.4, -0.2) is 35.4 Å². The van der Waals surface area contributed by atoms with Crippen LogP contribution in [0.3, 0.4) is 0 Å². The highest BCUT2D eigenvalue weighted by Crippen LogP contribution is 2.31. The number of imide groups is 1. The van der Waals surface area contributed by atoms with E-state index in [1.165, 1.54) is 54.2 Å². The van der Waals surface area contributed by atoms with Crippen molar-refractivity contribution in [3.63, 3.8) is 0 Å². The highest BCUT2D eigenvalue weighted by molar-refractivity contribution is 7.99. The largest absolute Gasteiger partial charge is 0.468 e. The Hall–Kier alpha value is -3.07. The summed E-state index contributed by atoms with van der Waals surface area (Å²) >= 11 is 13.2. The molecule has 34 heavy (non-hydrogen) atoms. The van der Waals surface area contributed by atoms with Gasteiger partial charge in [-0.25, -0.2) is 9.69 Å². The van der Waals surface area contributed by atoms with Crippen LogP contribution in [0.1, 0.15) is 32.9 Å².